The molecule has 0 aromatic heterocycles. The number of benzene rings is 1. The van der Waals surface area contributed by atoms with Crippen molar-refractivity contribution in [3.8, 4) is 0 Å². The fourth-order valence-corrected chi connectivity index (χ4v) is 3.46. The average Bonchev–Trinajstić information content (AvgIpc) is 2.40. The Morgan fingerprint density at radius 1 is 1.30 bits per heavy atom. The van der Waals surface area contributed by atoms with Crippen molar-refractivity contribution in [2.75, 3.05) is 30.9 Å². The molecule has 1 aliphatic heterocycles. The largest absolute Gasteiger partial charge is 0.399 e. The molecule has 0 radical (unpaired) electrons. The van der Waals surface area contributed by atoms with E-state index in [-0.39, 0.29) is 4.90 Å². The first-order valence-corrected chi connectivity index (χ1v) is 8.09. The van der Waals surface area contributed by atoms with Crippen LogP contribution in [0.25, 0.3) is 0 Å². The van der Waals surface area contributed by atoms with Crippen LogP contribution < -0.4 is 15.8 Å². The normalized spacial score (nSPS) is 17.1. The first-order chi connectivity index (χ1) is 9.30. The maximum absolute atomic E-state index is 11.6. The van der Waals surface area contributed by atoms with Gasteiger partial charge in [0.25, 0.3) is 0 Å². The van der Waals surface area contributed by atoms with Gasteiger partial charge >= 0.3 is 0 Å². The van der Waals surface area contributed by atoms with Crippen molar-refractivity contribution in [3.63, 3.8) is 0 Å². The lowest BCUT2D eigenvalue weighted by molar-refractivity contribution is 0.0854. The predicted molar refractivity (Wildman–Crippen MR) is 79.2 cm³/mol. The first kappa shape index (κ1) is 15.1. The highest BCUT2D eigenvalue weighted by molar-refractivity contribution is 7.89. The maximum Gasteiger partial charge on any atom is 0.238 e. The van der Waals surface area contributed by atoms with Crippen LogP contribution in [-0.4, -0.2) is 34.7 Å². The van der Waals surface area contributed by atoms with E-state index >= 15 is 0 Å². The molecule has 7 heteroatoms. The van der Waals surface area contributed by atoms with Gasteiger partial charge in [-0.2, -0.15) is 0 Å². The molecule has 1 heterocycles. The molecule has 1 aromatic carbocycles. The Labute approximate surface area is 119 Å². The zero-order chi connectivity index (χ0) is 14.9. The summed E-state index contributed by atoms with van der Waals surface area (Å²) in [5, 5.41) is 5.25. The molecule has 112 valence electrons. The van der Waals surface area contributed by atoms with E-state index in [1.807, 2.05) is 7.05 Å². The van der Waals surface area contributed by atoms with Crippen LogP contribution >= 0.6 is 0 Å². The van der Waals surface area contributed by atoms with Gasteiger partial charge in [-0.25, -0.2) is 13.6 Å². The van der Waals surface area contributed by atoms with Gasteiger partial charge in [-0.1, -0.05) is 0 Å². The molecule has 4 N–H and O–H groups in total. The van der Waals surface area contributed by atoms with E-state index in [9.17, 15) is 8.42 Å². The summed E-state index contributed by atoms with van der Waals surface area (Å²) in [7, 11) is -1.83. The van der Waals surface area contributed by atoms with Crippen LogP contribution in [0.1, 0.15) is 18.4 Å². The van der Waals surface area contributed by atoms with Crippen molar-refractivity contribution in [2.45, 2.75) is 30.7 Å². The highest BCUT2D eigenvalue weighted by Gasteiger charge is 2.23. The van der Waals surface area contributed by atoms with Crippen LogP contribution in [-0.2, 0) is 14.8 Å². The Hall–Kier alpha value is -1.31. The molecule has 0 saturated carbocycles. The Morgan fingerprint density at radius 3 is 2.45 bits per heavy atom. The second kappa shape index (κ2) is 5.59. The number of anilines is 2. The highest BCUT2D eigenvalue weighted by Crippen LogP contribution is 2.31. The number of primary sulfonamides is 1. The standard InChI is InChI=1S/C13H21N3O3S/c1-9-12(16(2)11-3-5-19-6-4-11)7-10(14)8-13(9)20(15,17)18/h7-8,11H,3-6,14H2,1-2H3,(H2,15,17,18). The summed E-state index contributed by atoms with van der Waals surface area (Å²) >= 11 is 0. The minimum absolute atomic E-state index is 0.0893. The van der Waals surface area contributed by atoms with Crippen LogP contribution in [0.3, 0.4) is 0 Å². The third kappa shape index (κ3) is 3.05. The van der Waals surface area contributed by atoms with Gasteiger partial charge in [0.2, 0.25) is 10.0 Å². The molecule has 6 nitrogen and oxygen atoms in total. The molecular weight excluding hydrogens is 278 g/mol. The summed E-state index contributed by atoms with van der Waals surface area (Å²) in [5.41, 5.74) is 7.66. The van der Waals surface area contributed by atoms with Gasteiger partial charge in [0.1, 0.15) is 0 Å². The van der Waals surface area contributed by atoms with E-state index in [0.717, 1.165) is 31.7 Å². The van der Waals surface area contributed by atoms with Crippen LogP contribution in [0, 0.1) is 6.92 Å². The van der Waals surface area contributed by atoms with E-state index in [4.69, 9.17) is 15.6 Å². The Morgan fingerprint density at radius 2 is 1.90 bits per heavy atom. The van der Waals surface area contributed by atoms with E-state index in [0.29, 0.717) is 17.3 Å². The third-order valence-corrected chi connectivity index (χ3v) is 4.82. The monoisotopic (exact) mass is 299 g/mol. The molecule has 0 atom stereocenters. The van der Waals surface area contributed by atoms with Crippen molar-refractivity contribution in [1.82, 2.24) is 0 Å². The van der Waals surface area contributed by atoms with Gasteiger partial charge in [-0.15, -0.1) is 0 Å². The van der Waals surface area contributed by atoms with Crippen LogP contribution in [0.15, 0.2) is 17.0 Å². The smallest absolute Gasteiger partial charge is 0.238 e. The van der Waals surface area contributed by atoms with Crippen molar-refractivity contribution >= 4 is 21.4 Å². The van der Waals surface area contributed by atoms with Gasteiger partial charge in [0.05, 0.1) is 4.90 Å². The second-order valence-electron chi connectivity index (χ2n) is 5.16. The number of sulfonamides is 1. The van der Waals surface area contributed by atoms with Gasteiger partial charge in [-0.05, 0) is 37.5 Å². The van der Waals surface area contributed by atoms with Gasteiger partial charge < -0.3 is 15.4 Å². The number of ether oxygens (including phenoxy) is 1. The lowest BCUT2D eigenvalue weighted by atomic mass is 10.0. The predicted octanol–water partition coefficient (Wildman–Crippen LogP) is 0.840. The molecule has 0 unspecified atom stereocenters. The molecule has 0 amide bonds. The first-order valence-electron chi connectivity index (χ1n) is 6.54. The van der Waals surface area contributed by atoms with Crippen LogP contribution in [0.4, 0.5) is 11.4 Å². The molecule has 0 aliphatic carbocycles. The molecule has 1 aromatic rings. The molecule has 1 aliphatic rings. The number of hydrogen-bond acceptors (Lipinski definition) is 5. The topological polar surface area (TPSA) is 98.7 Å². The number of nitrogen functional groups attached to an aromatic ring is 1. The van der Waals surface area contributed by atoms with E-state index in [1.165, 1.54) is 6.07 Å². The number of hydrogen-bond donors (Lipinski definition) is 2. The van der Waals surface area contributed by atoms with Crippen LogP contribution in [0.2, 0.25) is 0 Å². The minimum atomic E-state index is -3.77. The second-order valence-corrected chi connectivity index (χ2v) is 6.69. The van der Waals surface area contributed by atoms with Gasteiger partial charge in [0.15, 0.2) is 0 Å². The van der Waals surface area contributed by atoms with Gasteiger partial charge in [0, 0.05) is 37.7 Å². The molecule has 2 rings (SSSR count). The van der Waals surface area contributed by atoms with E-state index < -0.39 is 10.0 Å². The SMILES string of the molecule is Cc1c(N(C)C2CCOCC2)cc(N)cc1S(N)(=O)=O. The van der Waals surface area contributed by atoms with Crippen molar-refractivity contribution < 1.29 is 13.2 Å². The molecule has 1 saturated heterocycles. The van der Waals surface area contributed by atoms with Crippen molar-refractivity contribution in [1.29, 1.82) is 0 Å². The van der Waals surface area contributed by atoms with Crippen LogP contribution in [0.5, 0.6) is 0 Å². The van der Waals surface area contributed by atoms with Gasteiger partial charge in [-0.3, -0.25) is 0 Å². The van der Waals surface area contributed by atoms with Crippen molar-refractivity contribution in [2.24, 2.45) is 5.14 Å². The zero-order valence-corrected chi connectivity index (χ0v) is 12.6. The Balaban J connectivity index is 2.43. The summed E-state index contributed by atoms with van der Waals surface area (Å²) in [5.74, 6) is 0. The number of nitrogens with zero attached hydrogens (tertiary/aromatic N) is 1. The van der Waals surface area contributed by atoms with Crippen molar-refractivity contribution in [3.05, 3.63) is 17.7 Å². The Kier molecular flexibility index (Phi) is 4.22. The summed E-state index contributed by atoms with van der Waals surface area (Å²) in [4.78, 5) is 2.16. The third-order valence-electron chi connectivity index (χ3n) is 3.78. The van der Waals surface area contributed by atoms with E-state index in [2.05, 4.69) is 4.90 Å². The molecule has 1 fully saturated rings. The quantitative estimate of drug-likeness (QED) is 0.806. The van der Waals surface area contributed by atoms with E-state index in [1.54, 1.807) is 13.0 Å². The number of nitrogens with two attached hydrogens (primary N) is 2. The molecule has 0 bridgehead atoms. The molecule has 0 spiro atoms. The maximum atomic E-state index is 11.6. The highest BCUT2D eigenvalue weighted by atomic mass is 32.2. The lowest BCUT2D eigenvalue weighted by Crippen LogP contribution is -2.37. The fourth-order valence-electron chi connectivity index (χ4n) is 2.62. The lowest BCUT2D eigenvalue weighted by Gasteiger charge is -2.34. The summed E-state index contributed by atoms with van der Waals surface area (Å²) in [6.07, 6.45) is 1.82. The summed E-state index contributed by atoms with van der Waals surface area (Å²) < 4.78 is 28.6. The molecular formula is C13H21N3O3S. The average molecular weight is 299 g/mol. The minimum Gasteiger partial charge on any atom is -0.399 e. The fraction of sp³-hybridized carbons (Fsp3) is 0.538. The number of rotatable bonds is 3. The summed E-state index contributed by atoms with van der Waals surface area (Å²) in [6.45, 7) is 3.20. The summed E-state index contributed by atoms with van der Waals surface area (Å²) in [6, 6.07) is 3.52. The zero-order valence-electron chi connectivity index (χ0n) is 11.8. The Bertz CT molecular complexity index is 595. The molecule has 20 heavy (non-hydrogen) atoms.